The number of aromatic nitrogens is 2. The standard InChI is InChI=1S/C12H15N3O2S/c13-10(12(16)17)4-6-18-8-9-7-15-5-2-1-3-11(15)14-9/h1-3,5,7,10H,4,6,8,13H2,(H,16,17). The number of carboxylic acid groups (broad SMARTS) is 1. The third-order valence-corrected chi connectivity index (χ3v) is 3.58. The first-order valence-corrected chi connectivity index (χ1v) is 6.81. The zero-order valence-corrected chi connectivity index (χ0v) is 10.6. The lowest BCUT2D eigenvalue weighted by Gasteiger charge is -2.04. The second-order valence-corrected chi connectivity index (χ2v) is 5.09. The normalized spacial score (nSPS) is 12.7. The van der Waals surface area contributed by atoms with Crippen LogP contribution in [-0.2, 0) is 10.5 Å². The Kier molecular flexibility index (Phi) is 4.22. The minimum atomic E-state index is -0.941. The van der Waals surface area contributed by atoms with E-state index in [1.807, 2.05) is 35.0 Å². The first kappa shape index (κ1) is 12.9. The van der Waals surface area contributed by atoms with Gasteiger partial charge in [-0.15, -0.1) is 0 Å². The number of thioether (sulfide) groups is 1. The summed E-state index contributed by atoms with van der Waals surface area (Å²) in [5.41, 5.74) is 7.35. The lowest BCUT2D eigenvalue weighted by molar-refractivity contribution is -0.138. The van der Waals surface area contributed by atoms with E-state index >= 15 is 0 Å². The molecule has 3 N–H and O–H groups in total. The molecule has 0 fully saturated rings. The highest BCUT2D eigenvalue weighted by molar-refractivity contribution is 7.98. The van der Waals surface area contributed by atoms with Crippen molar-refractivity contribution in [1.82, 2.24) is 9.38 Å². The number of hydrogen-bond acceptors (Lipinski definition) is 4. The van der Waals surface area contributed by atoms with Crippen molar-refractivity contribution in [2.24, 2.45) is 5.73 Å². The van der Waals surface area contributed by atoms with Crippen molar-refractivity contribution < 1.29 is 9.90 Å². The second-order valence-electron chi connectivity index (χ2n) is 3.98. The van der Waals surface area contributed by atoms with Crippen LogP contribution in [0, 0.1) is 0 Å². The Hall–Kier alpha value is -1.53. The van der Waals surface area contributed by atoms with Crippen LogP contribution in [0.2, 0.25) is 0 Å². The number of imidazole rings is 1. The third kappa shape index (κ3) is 3.24. The van der Waals surface area contributed by atoms with Crippen LogP contribution in [0.5, 0.6) is 0 Å². The summed E-state index contributed by atoms with van der Waals surface area (Å²) in [6.45, 7) is 0. The molecule has 0 spiro atoms. The highest BCUT2D eigenvalue weighted by Crippen LogP contribution is 2.14. The predicted molar refractivity (Wildman–Crippen MR) is 71.6 cm³/mol. The number of pyridine rings is 1. The fraction of sp³-hybridized carbons (Fsp3) is 0.333. The largest absolute Gasteiger partial charge is 0.480 e. The molecule has 0 bridgehead atoms. The van der Waals surface area contributed by atoms with Gasteiger partial charge in [-0.2, -0.15) is 11.8 Å². The Morgan fingerprint density at radius 3 is 3.11 bits per heavy atom. The van der Waals surface area contributed by atoms with Gasteiger partial charge in [-0.25, -0.2) is 4.98 Å². The van der Waals surface area contributed by atoms with Crippen LogP contribution in [0.1, 0.15) is 12.1 Å². The van der Waals surface area contributed by atoms with Gasteiger partial charge in [0.1, 0.15) is 11.7 Å². The Morgan fingerprint density at radius 1 is 1.56 bits per heavy atom. The van der Waals surface area contributed by atoms with Crippen molar-refractivity contribution in [2.45, 2.75) is 18.2 Å². The minimum Gasteiger partial charge on any atom is -0.480 e. The molecule has 2 aromatic heterocycles. The first-order chi connectivity index (χ1) is 8.66. The van der Waals surface area contributed by atoms with Gasteiger partial charge in [0.05, 0.1) is 5.69 Å². The number of rotatable bonds is 6. The van der Waals surface area contributed by atoms with E-state index in [-0.39, 0.29) is 0 Å². The fourth-order valence-electron chi connectivity index (χ4n) is 1.57. The average molecular weight is 265 g/mol. The van der Waals surface area contributed by atoms with E-state index in [4.69, 9.17) is 10.8 Å². The predicted octanol–water partition coefficient (Wildman–Crippen LogP) is 1.37. The lowest BCUT2D eigenvalue weighted by atomic mass is 10.2. The van der Waals surface area contributed by atoms with Crippen molar-refractivity contribution in [1.29, 1.82) is 0 Å². The highest BCUT2D eigenvalue weighted by Gasteiger charge is 2.10. The quantitative estimate of drug-likeness (QED) is 0.771. The van der Waals surface area contributed by atoms with Crippen molar-refractivity contribution in [3.8, 4) is 0 Å². The van der Waals surface area contributed by atoms with Crippen molar-refractivity contribution in [2.75, 3.05) is 5.75 Å². The number of aliphatic carboxylic acids is 1. The molecule has 1 atom stereocenters. The van der Waals surface area contributed by atoms with E-state index in [1.165, 1.54) is 0 Å². The minimum absolute atomic E-state index is 0.480. The summed E-state index contributed by atoms with van der Waals surface area (Å²) < 4.78 is 1.97. The third-order valence-electron chi connectivity index (χ3n) is 2.55. The molecule has 1 unspecified atom stereocenters. The van der Waals surface area contributed by atoms with Gasteiger partial charge in [-0.05, 0) is 24.3 Å². The lowest BCUT2D eigenvalue weighted by Crippen LogP contribution is -2.30. The number of hydrogen-bond donors (Lipinski definition) is 2. The van der Waals surface area contributed by atoms with E-state index in [1.54, 1.807) is 11.8 Å². The van der Waals surface area contributed by atoms with Gasteiger partial charge in [0, 0.05) is 18.1 Å². The molecule has 0 saturated heterocycles. The SMILES string of the molecule is NC(CCSCc1cn2ccccc2n1)C(=O)O. The van der Waals surface area contributed by atoms with Crippen LogP contribution in [0.25, 0.3) is 5.65 Å². The molecule has 96 valence electrons. The number of carboxylic acids is 1. The Labute approximate surface area is 109 Å². The maximum absolute atomic E-state index is 10.5. The van der Waals surface area contributed by atoms with Gasteiger partial charge in [-0.1, -0.05) is 6.07 Å². The molecule has 0 aromatic carbocycles. The van der Waals surface area contributed by atoms with E-state index in [2.05, 4.69) is 4.98 Å². The van der Waals surface area contributed by atoms with Crippen molar-refractivity contribution >= 4 is 23.4 Å². The van der Waals surface area contributed by atoms with Crippen LogP contribution in [0.4, 0.5) is 0 Å². The summed E-state index contributed by atoms with van der Waals surface area (Å²) in [7, 11) is 0. The van der Waals surface area contributed by atoms with E-state index in [9.17, 15) is 4.79 Å². The topological polar surface area (TPSA) is 80.6 Å². The molecule has 2 rings (SSSR count). The Balaban J connectivity index is 1.81. The summed E-state index contributed by atoms with van der Waals surface area (Å²) in [5, 5.41) is 8.64. The summed E-state index contributed by atoms with van der Waals surface area (Å²) in [6, 6.07) is 5.09. The van der Waals surface area contributed by atoms with Gasteiger partial charge in [0.2, 0.25) is 0 Å². The maximum Gasteiger partial charge on any atom is 0.320 e. The smallest absolute Gasteiger partial charge is 0.320 e. The molecule has 0 saturated carbocycles. The summed E-state index contributed by atoms with van der Waals surface area (Å²) >= 11 is 1.65. The van der Waals surface area contributed by atoms with Crippen LogP contribution < -0.4 is 5.73 Å². The van der Waals surface area contributed by atoms with Gasteiger partial charge >= 0.3 is 5.97 Å². The summed E-state index contributed by atoms with van der Waals surface area (Å²) in [5.74, 6) is 0.554. The zero-order valence-electron chi connectivity index (χ0n) is 9.82. The van der Waals surface area contributed by atoms with Crippen LogP contribution in [0.15, 0.2) is 30.6 Å². The van der Waals surface area contributed by atoms with Crippen LogP contribution in [-0.4, -0.2) is 32.3 Å². The molecule has 2 aromatic rings. The van der Waals surface area contributed by atoms with Crippen molar-refractivity contribution in [3.05, 3.63) is 36.3 Å². The van der Waals surface area contributed by atoms with Gasteiger partial charge in [0.25, 0.3) is 0 Å². The van der Waals surface area contributed by atoms with E-state index in [0.29, 0.717) is 6.42 Å². The second kappa shape index (κ2) is 5.88. The van der Waals surface area contributed by atoms with Gasteiger partial charge < -0.3 is 15.2 Å². The summed E-state index contributed by atoms with van der Waals surface area (Å²) in [6.07, 6.45) is 4.42. The van der Waals surface area contributed by atoms with Crippen LogP contribution >= 0.6 is 11.8 Å². The number of fused-ring (bicyclic) bond motifs is 1. The molecule has 5 nitrogen and oxygen atoms in total. The molecule has 18 heavy (non-hydrogen) atoms. The maximum atomic E-state index is 10.5. The first-order valence-electron chi connectivity index (χ1n) is 5.65. The molecule has 0 aliphatic rings. The van der Waals surface area contributed by atoms with Crippen LogP contribution in [0.3, 0.4) is 0 Å². The van der Waals surface area contributed by atoms with E-state index < -0.39 is 12.0 Å². The summed E-state index contributed by atoms with van der Waals surface area (Å²) in [4.78, 5) is 15.0. The highest BCUT2D eigenvalue weighted by atomic mass is 32.2. The number of nitrogens with two attached hydrogens (primary N) is 1. The molecule has 0 aliphatic carbocycles. The molecule has 0 aliphatic heterocycles. The number of nitrogens with zero attached hydrogens (tertiary/aromatic N) is 2. The molecular formula is C12H15N3O2S. The Bertz CT molecular complexity index is 508. The Morgan fingerprint density at radius 2 is 2.39 bits per heavy atom. The zero-order chi connectivity index (χ0) is 13.0. The monoisotopic (exact) mass is 265 g/mol. The average Bonchev–Trinajstić information content (AvgIpc) is 2.76. The van der Waals surface area contributed by atoms with Gasteiger partial charge in [0.15, 0.2) is 0 Å². The molecule has 6 heteroatoms. The molecule has 0 radical (unpaired) electrons. The molecule has 0 amide bonds. The van der Waals surface area contributed by atoms with Gasteiger partial charge in [-0.3, -0.25) is 4.79 Å². The molecule has 2 heterocycles. The molecular weight excluding hydrogens is 250 g/mol. The fourth-order valence-corrected chi connectivity index (χ4v) is 2.48. The van der Waals surface area contributed by atoms with Crippen molar-refractivity contribution in [3.63, 3.8) is 0 Å². The number of carbonyl (C=O) groups is 1. The van der Waals surface area contributed by atoms with E-state index in [0.717, 1.165) is 22.8 Å².